The molecule has 0 aromatic heterocycles. The van der Waals surface area contributed by atoms with Crippen LogP contribution in [0.3, 0.4) is 0 Å². The second-order valence-corrected chi connectivity index (χ2v) is 4.16. The normalized spacial score (nSPS) is 11.7. The topological polar surface area (TPSA) is 44.1 Å². The quantitative estimate of drug-likeness (QED) is 0.833. The molecule has 0 fully saturated rings. The highest BCUT2D eigenvalue weighted by Gasteiger charge is 2.18. The number of hydrogen-bond donors (Lipinski definition) is 0. The molecule has 0 aliphatic heterocycles. The van der Waals surface area contributed by atoms with E-state index in [1.165, 1.54) is 17.0 Å². The Labute approximate surface area is 104 Å². The molecule has 0 aliphatic rings. The van der Waals surface area contributed by atoms with Gasteiger partial charge in [-0.2, -0.15) is 5.26 Å². The van der Waals surface area contributed by atoms with E-state index in [2.05, 4.69) is 0 Å². The van der Waals surface area contributed by atoms with Crippen molar-refractivity contribution in [1.82, 2.24) is 4.90 Å². The lowest BCUT2D eigenvalue weighted by Gasteiger charge is -2.23. The van der Waals surface area contributed by atoms with Crippen molar-refractivity contribution in [2.75, 3.05) is 7.05 Å². The van der Waals surface area contributed by atoms with E-state index >= 15 is 0 Å². The number of rotatable bonds is 3. The van der Waals surface area contributed by atoms with Gasteiger partial charge in [-0.15, -0.1) is 0 Å². The Morgan fingerprint density at radius 2 is 2.29 bits per heavy atom. The van der Waals surface area contributed by atoms with Crippen LogP contribution in [0.15, 0.2) is 18.2 Å². The molecule has 5 heteroatoms. The second kappa shape index (κ2) is 5.65. The molecule has 0 saturated heterocycles. The van der Waals surface area contributed by atoms with Crippen molar-refractivity contribution in [3.63, 3.8) is 0 Å². The van der Waals surface area contributed by atoms with Crippen LogP contribution in [0, 0.1) is 17.1 Å². The number of carbonyl (C=O) groups excluding carboxylic acids is 1. The van der Waals surface area contributed by atoms with E-state index in [4.69, 9.17) is 16.9 Å². The molecule has 0 bridgehead atoms. The predicted molar refractivity (Wildman–Crippen MR) is 63.2 cm³/mol. The SMILES string of the molecule is CC(CC#N)N(C)C(=O)c1ccc(Cl)c(F)c1. The van der Waals surface area contributed by atoms with Crippen LogP contribution >= 0.6 is 11.6 Å². The van der Waals surface area contributed by atoms with E-state index in [1.54, 1.807) is 14.0 Å². The third-order valence-corrected chi connectivity index (χ3v) is 2.84. The molecule has 1 aromatic carbocycles. The molecule has 17 heavy (non-hydrogen) atoms. The molecule has 0 saturated carbocycles. The average molecular weight is 255 g/mol. The summed E-state index contributed by atoms with van der Waals surface area (Å²) in [7, 11) is 1.58. The van der Waals surface area contributed by atoms with Crippen molar-refractivity contribution in [2.45, 2.75) is 19.4 Å². The molecule has 0 radical (unpaired) electrons. The summed E-state index contributed by atoms with van der Waals surface area (Å²) in [5.74, 6) is -0.956. The van der Waals surface area contributed by atoms with Gasteiger partial charge in [0.05, 0.1) is 17.5 Å². The minimum Gasteiger partial charge on any atom is -0.338 e. The summed E-state index contributed by atoms with van der Waals surface area (Å²) < 4.78 is 13.2. The Morgan fingerprint density at radius 1 is 1.65 bits per heavy atom. The first-order valence-electron chi connectivity index (χ1n) is 5.06. The van der Waals surface area contributed by atoms with Crippen molar-refractivity contribution in [3.8, 4) is 6.07 Å². The third kappa shape index (κ3) is 3.18. The van der Waals surface area contributed by atoms with Crippen molar-refractivity contribution in [3.05, 3.63) is 34.6 Å². The molecule has 1 rings (SSSR count). The first-order valence-corrected chi connectivity index (χ1v) is 5.44. The standard InChI is InChI=1S/C12H12ClFN2O/c1-8(5-6-15)16(2)12(17)9-3-4-10(13)11(14)7-9/h3-4,7-8H,5H2,1-2H3. The summed E-state index contributed by atoms with van der Waals surface area (Å²) in [6.45, 7) is 1.76. The highest BCUT2D eigenvalue weighted by atomic mass is 35.5. The van der Waals surface area contributed by atoms with Gasteiger partial charge in [0.1, 0.15) is 5.82 Å². The summed E-state index contributed by atoms with van der Waals surface area (Å²) in [5, 5.41) is 8.53. The molecule has 0 spiro atoms. The fourth-order valence-corrected chi connectivity index (χ4v) is 1.42. The summed E-state index contributed by atoms with van der Waals surface area (Å²) in [6.07, 6.45) is 0.234. The highest BCUT2D eigenvalue weighted by molar-refractivity contribution is 6.30. The second-order valence-electron chi connectivity index (χ2n) is 3.76. The number of nitrogens with zero attached hydrogens (tertiary/aromatic N) is 2. The maximum absolute atomic E-state index is 13.2. The first-order chi connectivity index (χ1) is 7.97. The van der Waals surface area contributed by atoms with Gasteiger partial charge in [0.2, 0.25) is 0 Å². The van der Waals surface area contributed by atoms with Crippen LogP contribution in [0.25, 0.3) is 0 Å². The van der Waals surface area contributed by atoms with Gasteiger partial charge in [-0.05, 0) is 25.1 Å². The molecule has 0 aliphatic carbocycles. The van der Waals surface area contributed by atoms with Crippen molar-refractivity contribution in [2.24, 2.45) is 0 Å². The van der Waals surface area contributed by atoms with Gasteiger partial charge < -0.3 is 4.90 Å². The van der Waals surface area contributed by atoms with Gasteiger partial charge >= 0.3 is 0 Å². The zero-order valence-corrected chi connectivity index (χ0v) is 10.3. The Hall–Kier alpha value is -1.60. The Balaban J connectivity index is 2.89. The van der Waals surface area contributed by atoms with Crippen LogP contribution in [0.1, 0.15) is 23.7 Å². The molecular formula is C12H12ClFN2O. The van der Waals surface area contributed by atoms with Crippen LogP contribution in [-0.2, 0) is 0 Å². The lowest BCUT2D eigenvalue weighted by Crippen LogP contribution is -2.34. The molecule has 1 unspecified atom stereocenters. The van der Waals surface area contributed by atoms with E-state index in [9.17, 15) is 9.18 Å². The lowest BCUT2D eigenvalue weighted by molar-refractivity contribution is 0.0746. The summed E-state index contributed by atoms with van der Waals surface area (Å²) in [5.41, 5.74) is 0.221. The maximum atomic E-state index is 13.2. The summed E-state index contributed by atoms with van der Waals surface area (Å²) >= 11 is 5.53. The average Bonchev–Trinajstić information content (AvgIpc) is 2.31. The number of amides is 1. The van der Waals surface area contributed by atoms with Crippen LogP contribution in [0.2, 0.25) is 5.02 Å². The lowest BCUT2D eigenvalue weighted by atomic mass is 10.1. The van der Waals surface area contributed by atoms with Crippen LogP contribution in [-0.4, -0.2) is 23.9 Å². The summed E-state index contributed by atoms with van der Waals surface area (Å²) in [6, 6.07) is 5.67. The van der Waals surface area contributed by atoms with Crippen molar-refractivity contribution in [1.29, 1.82) is 5.26 Å². The Kier molecular flexibility index (Phi) is 4.47. The van der Waals surface area contributed by atoms with E-state index in [0.717, 1.165) is 6.07 Å². The molecule has 0 heterocycles. The molecular weight excluding hydrogens is 243 g/mol. The molecule has 1 aromatic rings. The first kappa shape index (κ1) is 13.5. The van der Waals surface area contributed by atoms with E-state index in [1.807, 2.05) is 6.07 Å². The number of nitriles is 1. The van der Waals surface area contributed by atoms with Gasteiger partial charge in [0.25, 0.3) is 5.91 Å². The number of benzene rings is 1. The minimum atomic E-state index is -0.626. The fourth-order valence-electron chi connectivity index (χ4n) is 1.30. The maximum Gasteiger partial charge on any atom is 0.253 e. The molecule has 90 valence electrons. The van der Waals surface area contributed by atoms with Crippen molar-refractivity contribution < 1.29 is 9.18 Å². The monoisotopic (exact) mass is 254 g/mol. The summed E-state index contributed by atoms with van der Waals surface area (Å²) in [4.78, 5) is 13.3. The smallest absolute Gasteiger partial charge is 0.253 e. The van der Waals surface area contributed by atoms with Crippen LogP contribution < -0.4 is 0 Å². The fraction of sp³-hybridized carbons (Fsp3) is 0.333. The zero-order valence-electron chi connectivity index (χ0n) is 9.58. The molecule has 1 amide bonds. The number of hydrogen-bond acceptors (Lipinski definition) is 2. The van der Waals surface area contributed by atoms with Crippen molar-refractivity contribution >= 4 is 17.5 Å². The van der Waals surface area contributed by atoms with Crippen LogP contribution in [0.5, 0.6) is 0 Å². The van der Waals surface area contributed by atoms with E-state index in [-0.39, 0.29) is 29.0 Å². The minimum absolute atomic E-state index is 0.0192. The predicted octanol–water partition coefficient (Wildman–Crippen LogP) is 2.85. The Bertz CT molecular complexity index is 470. The zero-order chi connectivity index (χ0) is 13.0. The van der Waals surface area contributed by atoms with Gasteiger partial charge in [0.15, 0.2) is 0 Å². The van der Waals surface area contributed by atoms with Crippen LogP contribution in [0.4, 0.5) is 4.39 Å². The largest absolute Gasteiger partial charge is 0.338 e. The van der Waals surface area contributed by atoms with Gasteiger partial charge in [-0.1, -0.05) is 11.6 Å². The Morgan fingerprint density at radius 3 is 2.82 bits per heavy atom. The highest BCUT2D eigenvalue weighted by Crippen LogP contribution is 2.17. The number of halogens is 2. The van der Waals surface area contributed by atoms with Gasteiger partial charge in [-0.3, -0.25) is 4.79 Å². The third-order valence-electron chi connectivity index (χ3n) is 2.53. The van der Waals surface area contributed by atoms with Gasteiger partial charge in [0, 0.05) is 18.7 Å². The molecule has 1 atom stereocenters. The molecule has 3 nitrogen and oxygen atoms in total. The molecule has 0 N–H and O–H groups in total. The van der Waals surface area contributed by atoms with E-state index in [0.29, 0.717) is 0 Å². The van der Waals surface area contributed by atoms with Gasteiger partial charge in [-0.25, -0.2) is 4.39 Å². The van der Waals surface area contributed by atoms with E-state index < -0.39 is 5.82 Å². The number of carbonyl (C=O) groups is 1.